The van der Waals surface area contributed by atoms with E-state index in [0.29, 0.717) is 23.8 Å². The summed E-state index contributed by atoms with van der Waals surface area (Å²) in [7, 11) is 0. The Morgan fingerprint density at radius 3 is 2.23 bits per heavy atom. The average Bonchev–Trinajstić information content (AvgIpc) is 3.06. The summed E-state index contributed by atoms with van der Waals surface area (Å²) < 4.78 is 1.16. The van der Waals surface area contributed by atoms with Crippen LogP contribution in [0.3, 0.4) is 0 Å². The molecule has 0 radical (unpaired) electrons. The van der Waals surface area contributed by atoms with Crippen molar-refractivity contribution in [2.75, 3.05) is 6.54 Å². The van der Waals surface area contributed by atoms with Crippen molar-refractivity contribution in [3.8, 4) is 0 Å². The van der Waals surface area contributed by atoms with E-state index in [1.807, 2.05) is 0 Å². The van der Waals surface area contributed by atoms with E-state index in [1.165, 1.54) is 57.8 Å². The molecule has 5 unspecified atom stereocenters. The van der Waals surface area contributed by atoms with Gasteiger partial charge >= 0.3 is 0 Å². The van der Waals surface area contributed by atoms with Crippen molar-refractivity contribution in [1.82, 2.24) is 16.1 Å². The van der Waals surface area contributed by atoms with Crippen LogP contribution in [0.25, 0.3) is 0 Å². The van der Waals surface area contributed by atoms with Crippen LogP contribution in [0.4, 0.5) is 0 Å². The molecule has 0 aromatic rings. The lowest BCUT2D eigenvalue weighted by Crippen LogP contribution is -2.88. The third-order valence-electron chi connectivity index (χ3n) is 7.57. The predicted molar refractivity (Wildman–Crippen MR) is 89.9 cm³/mol. The second kappa shape index (κ2) is 5.17. The van der Waals surface area contributed by atoms with Gasteiger partial charge in [0, 0.05) is 32.2 Å². The SMILES string of the molecule is CC1NC23CCCCCC4(CCCC4)[N+]2(N1)C(C)CNC3C. The lowest BCUT2D eigenvalue weighted by atomic mass is 9.75. The van der Waals surface area contributed by atoms with E-state index < -0.39 is 0 Å². The molecule has 5 atom stereocenters. The second-order valence-corrected chi connectivity index (χ2v) is 8.61. The highest BCUT2D eigenvalue weighted by Gasteiger charge is 2.72. The maximum Gasteiger partial charge on any atom is 0.188 e. The summed E-state index contributed by atoms with van der Waals surface area (Å²) in [4.78, 5) is 0. The molecule has 0 aromatic heterocycles. The van der Waals surface area contributed by atoms with Crippen molar-refractivity contribution in [3.05, 3.63) is 0 Å². The van der Waals surface area contributed by atoms with Gasteiger partial charge in [-0.1, -0.05) is 6.42 Å². The van der Waals surface area contributed by atoms with Crippen LogP contribution in [0, 0.1) is 0 Å². The van der Waals surface area contributed by atoms with Crippen LogP contribution in [-0.2, 0) is 0 Å². The van der Waals surface area contributed by atoms with Gasteiger partial charge in [-0.15, -0.1) is 5.43 Å². The van der Waals surface area contributed by atoms with Crippen LogP contribution in [0.1, 0.15) is 78.6 Å². The van der Waals surface area contributed by atoms with Crippen LogP contribution in [0.2, 0.25) is 0 Å². The molecule has 4 heteroatoms. The third-order valence-corrected chi connectivity index (χ3v) is 7.57. The standard InChI is InChI=1S/C18H35N4/c1-14-13-19-15(2)18-12-6-4-5-9-17(10-7-8-11-17)22(14,18)21-16(3)20-18/h14-16,19-21H,4-13H2,1-3H3/q+1. The van der Waals surface area contributed by atoms with Gasteiger partial charge in [-0.3, -0.25) is 0 Å². The van der Waals surface area contributed by atoms with Gasteiger partial charge in [0.05, 0.1) is 6.04 Å². The molecule has 1 spiro atoms. The summed E-state index contributed by atoms with van der Waals surface area (Å²) in [5.74, 6) is 0. The van der Waals surface area contributed by atoms with Gasteiger partial charge in [-0.2, -0.15) is 0 Å². The Morgan fingerprint density at radius 1 is 0.864 bits per heavy atom. The maximum atomic E-state index is 4.13. The van der Waals surface area contributed by atoms with Crippen LogP contribution in [-0.4, -0.2) is 40.6 Å². The third kappa shape index (κ3) is 1.73. The molecule has 3 heterocycles. The Morgan fingerprint density at radius 2 is 1.50 bits per heavy atom. The lowest BCUT2D eigenvalue weighted by Gasteiger charge is -2.64. The van der Waals surface area contributed by atoms with Crippen molar-refractivity contribution in [2.24, 2.45) is 0 Å². The molecule has 4 rings (SSSR count). The Labute approximate surface area is 136 Å². The fourth-order valence-corrected chi connectivity index (χ4v) is 6.86. The minimum atomic E-state index is 0.182. The molecule has 1 aliphatic carbocycles. The van der Waals surface area contributed by atoms with E-state index in [2.05, 4.69) is 36.8 Å². The number of piperazine rings is 1. The monoisotopic (exact) mass is 307 g/mol. The summed E-state index contributed by atoms with van der Waals surface area (Å²) in [6.07, 6.45) is 13.1. The molecule has 4 nitrogen and oxygen atoms in total. The van der Waals surface area contributed by atoms with Crippen LogP contribution >= 0.6 is 0 Å². The van der Waals surface area contributed by atoms with Gasteiger partial charge in [-0.25, -0.2) is 9.91 Å². The number of hydrogen-bond acceptors (Lipinski definition) is 3. The first kappa shape index (κ1) is 15.4. The molecule has 22 heavy (non-hydrogen) atoms. The predicted octanol–water partition coefficient (Wildman–Crippen LogP) is 2.61. The summed E-state index contributed by atoms with van der Waals surface area (Å²) in [5, 5.41) is 7.90. The molecule has 3 saturated heterocycles. The molecule has 3 aliphatic heterocycles. The van der Waals surface area contributed by atoms with Gasteiger partial charge in [0.25, 0.3) is 0 Å². The molecule has 1 saturated carbocycles. The summed E-state index contributed by atoms with van der Waals surface area (Å²) in [6, 6.07) is 1.18. The molecule has 4 fully saturated rings. The highest BCUT2D eigenvalue weighted by atomic mass is 15.8. The van der Waals surface area contributed by atoms with Gasteiger partial charge in [0.2, 0.25) is 0 Å². The van der Waals surface area contributed by atoms with Crippen LogP contribution in [0.5, 0.6) is 0 Å². The van der Waals surface area contributed by atoms with E-state index in [9.17, 15) is 0 Å². The first-order valence-electron chi connectivity index (χ1n) is 9.74. The van der Waals surface area contributed by atoms with E-state index >= 15 is 0 Å². The number of nitrogens with zero attached hydrogens (tertiary/aromatic N) is 1. The number of rotatable bonds is 0. The summed E-state index contributed by atoms with van der Waals surface area (Å²) in [6.45, 7) is 8.39. The van der Waals surface area contributed by atoms with E-state index in [0.717, 1.165) is 11.1 Å². The number of quaternary nitrogens is 1. The Hall–Kier alpha value is -0.160. The first-order valence-corrected chi connectivity index (χ1v) is 9.74. The van der Waals surface area contributed by atoms with Crippen LogP contribution in [0.15, 0.2) is 0 Å². The quantitative estimate of drug-likeness (QED) is 0.602. The molecule has 4 aliphatic rings. The molecule has 3 N–H and O–H groups in total. The fourth-order valence-electron chi connectivity index (χ4n) is 6.86. The number of hydrogen-bond donors (Lipinski definition) is 3. The zero-order valence-electron chi connectivity index (χ0n) is 14.8. The molecular formula is C18H35N4+. The van der Waals surface area contributed by atoms with Crippen LogP contribution < -0.4 is 16.1 Å². The van der Waals surface area contributed by atoms with Crippen molar-refractivity contribution in [2.45, 2.75) is 108 Å². The highest BCUT2D eigenvalue weighted by molar-refractivity contribution is 5.04. The molecular weight excluding hydrogens is 272 g/mol. The van der Waals surface area contributed by atoms with Crippen molar-refractivity contribution >= 4 is 0 Å². The Bertz CT molecular complexity index is 433. The zero-order chi connectivity index (χ0) is 15.4. The lowest BCUT2D eigenvalue weighted by molar-refractivity contribution is -1.07. The summed E-state index contributed by atoms with van der Waals surface area (Å²) in [5.41, 5.74) is 4.78. The Kier molecular flexibility index (Phi) is 3.61. The minimum absolute atomic E-state index is 0.182. The van der Waals surface area contributed by atoms with E-state index in [4.69, 9.17) is 0 Å². The van der Waals surface area contributed by atoms with Gasteiger partial charge in [0.15, 0.2) is 5.66 Å². The highest BCUT2D eigenvalue weighted by Crippen LogP contribution is 2.54. The molecule has 126 valence electrons. The summed E-state index contributed by atoms with van der Waals surface area (Å²) >= 11 is 0. The molecule has 0 amide bonds. The van der Waals surface area contributed by atoms with E-state index in [-0.39, 0.29) is 5.66 Å². The van der Waals surface area contributed by atoms with Gasteiger partial charge < -0.3 is 5.32 Å². The fraction of sp³-hybridized carbons (Fsp3) is 1.00. The molecule has 0 aromatic carbocycles. The zero-order valence-corrected chi connectivity index (χ0v) is 14.8. The van der Waals surface area contributed by atoms with Gasteiger partial charge in [-0.05, 0) is 46.5 Å². The minimum Gasteiger partial charge on any atom is -0.302 e. The van der Waals surface area contributed by atoms with Gasteiger partial charge in [0.1, 0.15) is 17.7 Å². The number of nitrogens with one attached hydrogen (secondary N) is 3. The Balaban J connectivity index is 1.90. The largest absolute Gasteiger partial charge is 0.302 e. The smallest absolute Gasteiger partial charge is 0.188 e. The first-order chi connectivity index (χ1) is 10.6. The normalized spacial score (nSPS) is 51.1. The maximum absolute atomic E-state index is 4.13. The topological polar surface area (TPSA) is 36.1 Å². The van der Waals surface area contributed by atoms with Crippen molar-refractivity contribution < 1.29 is 4.59 Å². The van der Waals surface area contributed by atoms with Crippen molar-refractivity contribution in [1.29, 1.82) is 0 Å². The average molecular weight is 308 g/mol. The second-order valence-electron chi connectivity index (χ2n) is 8.61. The van der Waals surface area contributed by atoms with Crippen molar-refractivity contribution in [3.63, 3.8) is 0 Å². The van der Waals surface area contributed by atoms with E-state index in [1.54, 1.807) is 0 Å². The molecule has 0 bridgehead atoms.